The van der Waals surface area contributed by atoms with Gasteiger partial charge in [0.15, 0.2) is 7.37 Å². The van der Waals surface area contributed by atoms with Gasteiger partial charge in [0.05, 0.1) is 4.90 Å². The van der Waals surface area contributed by atoms with E-state index in [2.05, 4.69) is 4.72 Å². The quantitative estimate of drug-likeness (QED) is 0.751. The Morgan fingerprint density at radius 3 is 2.19 bits per heavy atom. The summed E-state index contributed by atoms with van der Waals surface area (Å²) < 4.78 is 38.8. The van der Waals surface area contributed by atoms with Crippen LogP contribution in [0.5, 0.6) is 0 Å². The fourth-order valence-electron chi connectivity index (χ4n) is 2.14. The van der Waals surface area contributed by atoms with E-state index in [-0.39, 0.29) is 17.0 Å². The highest BCUT2D eigenvalue weighted by atomic mass is 32.2. The molecule has 0 heterocycles. The van der Waals surface area contributed by atoms with Crippen LogP contribution in [0.25, 0.3) is 0 Å². The Bertz CT molecular complexity index is 604. The number of nitrogens with one attached hydrogen (secondary N) is 1. The van der Waals surface area contributed by atoms with E-state index in [1.54, 1.807) is 12.1 Å². The highest BCUT2D eigenvalue weighted by Gasteiger charge is 2.25. The number of rotatable bonds is 7. The summed E-state index contributed by atoms with van der Waals surface area (Å²) in [5, 5.41) is 0. The molecule has 0 aliphatic carbocycles. The van der Waals surface area contributed by atoms with E-state index in [0.717, 1.165) is 5.56 Å². The van der Waals surface area contributed by atoms with Gasteiger partial charge in [-0.2, -0.15) is 0 Å². The van der Waals surface area contributed by atoms with E-state index in [1.165, 1.54) is 18.8 Å². The van der Waals surface area contributed by atoms with E-state index in [9.17, 15) is 17.9 Å². The van der Waals surface area contributed by atoms with Crippen LogP contribution in [0.15, 0.2) is 29.2 Å². The molecule has 5 nitrogen and oxygen atoms in total. The average Bonchev–Trinajstić information content (AvgIpc) is 2.25. The maximum Gasteiger partial charge on any atom is 0.240 e. The molecule has 2 N–H and O–H groups in total. The van der Waals surface area contributed by atoms with Crippen LogP contribution in [-0.2, 0) is 14.6 Å². The van der Waals surface area contributed by atoms with Crippen molar-refractivity contribution < 1.29 is 17.9 Å². The van der Waals surface area contributed by atoms with Gasteiger partial charge >= 0.3 is 0 Å². The smallest absolute Gasteiger partial charge is 0.240 e. The topological polar surface area (TPSA) is 83.5 Å². The molecule has 2 unspecified atom stereocenters. The summed E-state index contributed by atoms with van der Waals surface area (Å²) in [6.07, 6.45) is 0.458. The Balaban J connectivity index is 2.95. The van der Waals surface area contributed by atoms with E-state index in [0.29, 0.717) is 6.42 Å². The zero-order valence-corrected chi connectivity index (χ0v) is 14.6. The van der Waals surface area contributed by atoms with E-state index in [4.69, 9.17) is 0 Å². The first-order valence-corrected chi connectivity index (χ1v) is 10.7. The first kappa shape index (κ1) is 18.4. The van der Waals surface area contributed by atoms with Gasteiger partial charge in [-0.05, 0) is 31.4 Å². The van der Waals surface area contributed by atoms with E-state index in [1.807, 2.05) is 20.8 Å². The van der Waals surface area contributed by atoms with Gasteiger partial charge in [0.2, 0.25) is 10.0 Å². The normalized spacial score (nSPS) is 16.7. The maximum absolute atomic E-state index is 12.3. The monoisotopic (exact) mass is 333 g/mol. The molecule has 2 atom stereocenters. The van der Waals surface area contributed by atoms with Crippen molar-refractivity contribution in [2.24, 2.45) is 5.92 Å². The lowest BCUT2D eigenvalue weighted by molar-refractivity contribution is 0.449. The molecule has 0 amide bonds. The van der Waals surface area contributed by atoms with Crippen LogP contribution in [0.1, 0.15) is 25.8 Å². The number of aryl methyl sites for hydroxylation is 1. The van der Waals surface area contributed by atoms with Crippen molar-refractivity contribution in [1.29, 1.82) is 0 Å². The standard InChI is InChI=1S/C14H24NO4PS/c1-11(2)9-13(10-20(4,16)17)15-21(18,19)14-7-5-12(3)6-8-14/h5-8,11,13,15H,9-10H2,1-4H3,(H,16,17). The van der Waals surface area contributed by atoms with Crippen molar-refractivity contribution in [3.05, 3.63) is 29.8 Å². The Morgan fingerprint density at radius 1 is 1.24 bits per heavy atom. The van der Waals surface area contributed by atoms with Crippen molar-refractivity contribution in [1.82, 2.24) is 4.72 Å². The zero-order chi connectivity index (χ0) is 16.3. The van der Waals surface area contributed by atoms with Crippen molar-refractivity contribution in [2.75, 3.05) is 12.8 Å². The summed E-state index contributed by atoms with van der Waals surface area (Å²) in [6, 6.07) is 5.98. The minimum Gasteiger partial charge on any atom is -0.344 e. The van der Waals surface area contributed by atoms with Crippen LogP contribution in [0, 0.1) is 12.8 Å². The third-order valence-corrected chi connectivity index (χ3v) is 5.62. The summed E-state index contributed by atoms with van der Waals surface area (Å²) >= 11 is 0. The molecular formula is C14H24NO4PS. The Morgan fingerprint density at radius 2 is 1.76 bits per heavy atom. The highest BCUT2D eigenvalue weighted by Crippen LogP contribution is 2.37. The molecule has 21 heavy (non-hydrogen) atoms. The third kappa shape index (κ3) is 6.74. The van der Waals surface area contributed by atoms with Crippen molar-refractivity contribution >= 4 is 17.4 Å². The highest BCUT2D eigenvalue weighted by molar-refractivity contribution is 7.89. The van der Waals surface area contributed by atoms with Gasteiger partial charge in [-0.25, -0.2) is 13.1 Å². The van der Waals surface area contributed by atoms with Crippen molar-refractivity contribution in [3.63, 3.8) is 0 Å². The van der Waals surface area contributed by atoms with Crippen LogP contribution in [0.3, 0.4) is 0 Å². The Labute approximate surface area is 127 Å². The molecular weight excluding hydrogens is 309 g/mol. The fraction of sp³-hybridized carbons (Fsp3) is 0.571. The molecule has 0 radical (unpaired) electrons. The molecule has 0 spiro atoms. The largest absolute Gasteiger partial charge is 0.344 e. The van der Waals surface area contributed by atoms with Gasteiger partial charge in [-0.15, -0.1) is 0 Å². The molecule has 0 fully saturated rings. The van der Waals surface area contributed by atoms with Gasteiger partial charge in [0, 0.05) is 18.9 Å². The second-order valence-electron chi connectivity index (χ2n) is 5.99. The lowest BCUT2D eigenvalue weighted by Gasteiger charge is -2.21. The Kier molecular flexibility index (Phi) is 6.17. The average molecular weight is 333 g/mol. The van der Waals surface area contributed by atoms with Crippen LogP contribution in [0.2, 0.25) is 0 Å². The molecule has 0 aliphatic rings. The van der Waals surface area contributed by atoms with Crippen LogP contribution >= 0.6 is 7.37 Å². The van der Waals surface area contributed by atoms with Crippen molar-refractivity contribution in [2.45, 2.75) is 38.1 Å². The van der Waals surface area contributed by atoms with Crippen LogP contribution < -0.4 is 4.72 Å². The molecule has 1 aromatic rings. The summed E-state index contributed by atoms with van der Waals surface area (Å²) in [7, 11) is -6.97. The minimum atomic E-state index is -3.68. The summed E-state index contributed by atoms with van der Waals surface area (Å²) in [6.45, 7) is 7.03. The first-order valence-electron chi connectivity index (χ1n) is 6.88. The maximum atomic E-state index is 12.3. The first-order chi connectivity index (χ1) is 9.49. The number of sulfonamides is 1. The van der Waals surface area contributed by atoms with Gasteiger partial charge in [0.25, 0.3) is 0 Å². The predicted octanol–water partition coefficient (Wildman–Crippen LogP) is 2.59. The van der Waals surface area contributed by atoms with Gasteiger partial charge < -0.3 is 4.89 Å². The molecule has 0 aromatic heterocycles. The molecule has 0 saturated heterocycles. The third-order valence-electron chi connectivity index (χ3n) is 2.97. The molecule has 120 valence electrons. The molecule has 1 rings (SSSR count). The molecule has 7 heteroatoms. The summed E-state index contributed by atoms with van der Waals surface area (Å²) in [5.41, 5.74) is 0.973. The second-order valence-corrected chi connectivity index (χ2v) is 10.2. The summed E-state index contributed by atoms with van der Waals surface area (Å²) in [5.74, 6) is 0.224. The van der Waals surface area contributed by atoms with E-state index < -0.39 is 23.4 Å². The Hall–Kier alpha value is -0.680. The number of benzene rings is 1. The minimum absolute atomic E-state index is 0.0593. The molecule has 0 aliphatic heterocycles. The molecule has 0 bridgehead atoms. The van der Waals surface area contributed by atoms with Crippen LogP contribution in [-0.4, -0.2) is 32.2 Å². The lowest BCUT2D eigenvalue weighted by atomic mass is 10.1. The predicted molar refractivity (Wildman–Crippen MR) is 85.4 cm³/mol. The van der Waals surface area contributed by atoms with Gasteiger partial charge in [-0.1, -0.05) is 31.5 Å². The SMILES string of the molecule is Cc1ccc(S(=O)(=O)NC(CC(C)C)CP(C)(=O)O)cc1. The number of hydrogen-bond acceptors (Lipinski definition) is 3. The lowest BCUT2D eigenvalue weighted by Crippen LogP contribution is -2.38. The zero-order valence-electron chi connectivity index (χ0n) is 12.9. The van der Waals surface area contributed by atoms with Gasteiger partial charge in [0.1, 0.15) is 0 Å². The van der Waals surface area contributed by atoms with E-state index >= 15 is 0 Å². The number of hydrogen-bond donors (Lipinski definition) is 2. The molecule has 0 saturated carbocycles. The van der Waals surface area contributed by atoms with Gasteiger partial charge in [-0.3, -0.25) is 4.57 Å². The molecule has 1 aromatic carbocycles. The second kappa shape index (κ2) is 7.05. The van der Waals surface area contributed by atoms with Crippen LogP contribution in [0.4, 0.5) is 0 Å². The van der Waals surface area contributed by atoms with Crippen molar-refractivity contribution in [3.8, 4) is 0 Å². The fourth-order valence-corrected chi connectivity index (χ4v) is 4.57. The summed E-state index contributed by atoms with van der Waals surface area (Å²) in [4.78, 5) is 9.70.